The van der Waals surface area contributed by atoms with Crippen LogP contribution in [-0.4, -0.2) is 90.2 Å². The third kappa shape index (κ3) is 15.4. The molecule has 1 aromatic rings. The number of carboxylic acids is 4. The summed E-state index contributed by atoms with van der Waals surface area (Å²) in [5.41, 5.74) is -0.380. The second kappa shape index (κ2) is 15.7. The van der Waals surface area contributed by atoms with Gasteiger partial charge in [-0.15, -0.1) is 0 Å². The molecule has 0 radical (unpaired) electrons. The van der Waals surface area contributed by atoms with Gasteiger partial charge < -0.3 is 40.9 Å². The second-order valence-electron chi connectivity index (χ2n) is 5.07. The van der Waals surface area contributed by atoms with Gasteiger partial charge in [0.25, 0.3) is 0 Å². The smallest absolute Gasteiger partial charge is 0.336 e. The third-order valence-corrected chi connectivity index (χ3v) is 2.72. The Bertz CT molecular complexity index is 640. The number of aliphatic hydroxyl groups excluding tert-OH is 4. The van der Waals surface area contributed by atoms with Crippen molar-refractivity contribution in [1.29, 1.82) is 0 Å². The molecule has 29 heavy (non-hydrogen) atoms. The van der Waals surface area contributed by atoms with E-state index in [0.717, 1.165) is 0 Å². The van der Waals surface area contributed by atoms with Gasteiger partial charge in [0.15, 0.2) is 0 Å². The maximum Gasteiger partial charge on any atom is 0.336 e. The van der Waals surface area contributed by atoms with Crippen LogP contribution in [0, 0.1) is 0 Å². The molecule has 12 heteroatoms. The van der Waals surface area contributed by atoms with Crippen LogP contribution in [0.15, 0.2) is 36.4 Å². The first kappa shape index (κ1) is 27.9. The fraction of sp³-hybridized carbons (Fsp3) is 0.294. The zero-order chi connectivity index (χ0) is 23.0. The molecular formula is C17H22O12. The Balaban J connectivity index is 0. The molecule has 0 aliphatic carbocycles. The predicted molar refractivity (Wildman–Crippen MR) is 95.6 cm³/mol. The van der Waals surface area contributed by atoms with Gasteiger partial charge in [-0.1, -0.05) is 12.1 Å². The van der Waals surface area contributed by atoms with Gasteiger partial charge in [0.05, 0.1) is 36.5 Å². The third-order valence-electron chi connectivity index (χ3n) is 2.72. The molecular weight excluding hydrogens is 396 g/mol. The lowest BCUT2D eigenvalue weighted by atomic mass is 10.1. The Hall–Kier alpha value is -3.32. The molecule has 2 atom stereocenters. The van der Waals surface area contributed by atoms with Crippen molar-refractivity contribution < 1.29 is 60.0 Å². The summed E-state index contributed by atoms with van der Waals surface area (Å²) in [7, 11) is 0. The van der Waals surface area contributed by atoms with Crippen LogP contribution in [0.3, 0.4) is 0 Å². The minimum atomic E-state index is -1.26. The van der Waals surface area contributed by atoms with E-state index in [1.165, 1.54) is 24.3 Å². The fourth-order valence-corrected chi connectivity index (χ4v) is 1.46. The SMILES string of the molecule is O=C(O)/C=C\C(=O)O.O=C(O)c1ccccc1C(=O)O.OCC(O)CC(O)CO. The van der Waals surface area contributed by atoms with Crippen LogP contribution in [0.2, 0.25) is 0 Å². The molecule has 0 saturated heterocycles. The summed E-state index contributed by atoms with van der Waals surface area (Å²) in [5.74, 6) is -4.97. The highest BCUT2D eigenvalue weighted by atomic mass is 16.4. The number of benzene rings is 1. The summed E-state index contributed by atoms with van der Waals surface area (Å²) in [4.78, 5) is 40.0. The molecule has 2 unspecified atom stereocenters. The lowest BCUT2D eigenvalue weighted by Gasteiger charge is -2.09. The molecule has 162 valence electrons. The van der Waals surface area contributed by atoms with Crippen molar-refractivity contribution in [2.75, 3.05) is 13.2 Å². The first-order valence-corrected chi connectivity index (χ1v) is 7.73. The number of aliphatic carboxylic acids is 2. The molecule has 0 amide bonds. The number of carbonyl (C=O) groups is 4. The van der Waals surface area contributed by atoms with Crippen LogP contribution in [0.4, 0.5) is 0 Å². The molecule has 0 saturated carbocycles. The molecule has 0 spiro atoms. The second-order valence-corrected chi connectivity index (χ2v) is 5.07. The van der Waals surface area contributed by atoms with E-state index >= 15 is 0 Å². The molecule has 0 bridgehead atoms. The lowest BCUT2D eigenvalue weighted by Crippen LogP contribution is -2.23. The van der Waals surface area contributed by atoms with Crippen molar-refractivity contribution in [2.24, 2.45) is 0 Å². The number of aromatic carboxylic acids is 2. The van der Waals surface area contributed by atoms with E-state index in [9.17, 15) is 19.2 Å². The van der Waals surface area contributed by atoms with Gasteiger partial charge in [0.2, 0.25) is 0 Å². The molecule has 12 nitrogen and oxygen atoms in total. The summed E-state index contributed by atoms with van der Waals surface area (Å²) in [6.07, 6.45) is -0.711. The molecule has 8 N–H and O–H groups in total. The van der Waals surface area contributed by atoms with Gasteiger partial charge in [-0.3, -0.25) is 0 Å². The van der Waals surface area contributed by atoms with Crippen molar-refractivity contribution in [1.82, 2.24) is 0 Å². The van der Waals surface area contributed by atoms with Crippen LogP contribution in [-0.2, 0) is 9.59 Å². The maximum atomic E-state index is 10.5. The van der Waals surface area contributed by atoms with E-state index in [2.05, 4.69) is 0 Å². The fourth-order valence-electron chi connectivity index (χ4n) is 1.46. The van der Waals surface area contributed by atoms with E-state index in [4.69, 9.17) is 40.9 Å². The predicted octanol–water partition coefficient (Wildman–Crippen LogP) is -1.12. The maximum absolute atomic E-state index is 10.5. The Morgan fingerprint density at radius 1 is 0.724 bits per heavy atom. The van der Waals surface area contributed by atoms with Crippen LogP contribution in [0.1, 0.15) is 27.1 Å². The summed E-state index contributed by atoms with van der Waals surface area (Å²) < 4.78 is 0. The van der Waals surface area contributed by atoms with Crippen LogP contribution in [0.25, 0.3) is 0 Å². The Labute approximate surface area is 164 Å². The molecule has 0 heterocycles. The van der Waals surface area contributed by atoms with E-state index in [-0.39, 0.29) is 30.8 Å². The van der Waals surface area contributed by atoms with Crippen molar-refractivity contribution in [3.63, 3.8) is 0 Å². The standard InChI is InChI=1S/C8H6O4.C5H12O4.C4H4O4/c9-7(10)5-3-1-2-4-6(5)8(11)12;6-2-4(8)1-5(9)3-7;5-3(6)1-2-4(7)8/h1-4H,(H,9,10)(H,11,12);4-9H,1-3H2;1-2H,(H,5,6)(H,7,8)/b;;2-1-. The van der Waals surface area contributed by atoms with Crippen molar-refractivity contribution in [3.8, 4) is 0 Å². The Morgan fingerprint density at radius 3 is 1.24 bits per heavy atom. The summed E-state index contributed by atoms with van der Waals surface area (Å²) in [5, 5.41) is 66.5. The minimum absolute atomic E-state index is 0.0208. The van der Waals surface area contributed by atoms with Gasteiger partial charge in [-0.05, 0) is 12.1 Å². The average molecular weight is 418 g/mol. The van der Waals surface area contributed by atoms with Crippen LogP contribution in [0.5, 0.6) is 0 Å². The minimum Gasteiger partial charge on any atom is -0.478 e. The zero-order valence-corrected chi connectivity index (χ0v) is 15.0. The molecule has 0 fully saturated rings. The normalized spacial score (nSPS) is 11.9. The first-order chi connectivity index (χ1) is 13.5. The summed E-state index contributed by atoms with van der Waals surface area (Å²) >= 11 is 0. The number of aliphatic hydroxyl groups is 4. The first-order valence-electron chi connectivity index (χ1n) is 7.73. The molecule has 0 aliphatic rings. The van der Waals surface area contributed by atoms with E-state index < -0.39 is 36.1 Å². The van der Waals surface area contributed by atoms with Crippen molar-refractivity contribution in [3.05, 3.63) is 47.5 Å². The van der Waals surface area contributed by atoms with E-state index in [1.54, 1.807) is 0 Å². The monoisotopic (exact) mass is 418 g/mol. The van der Waals surface area contributed by atoms with Gasteiger partial charge >= 0.3 is 23.9 Å². The van der Waals surface area contributed by atoms with Gasteiger partial charge in [-0.25, -0.2) is 19.2 Å². The highest BCUT2D eigenvalue weighted by Gasteiger charge is 2.13. The molecule has 0 aliphatic heterocycles. The van der Waals surface area contributed by atoms with Gasteiger partial charge in [-0.2, -0.15) is 0 Å². The molecule has 1 aromatic carbocycles. The summed E-state index contributed by atoms with van der Waals surface area (Å²) in [6, 6.07) is 5.48. The van der Waals surface area contributed by atoms with Crippen LogP contribution < -0.4 is 0 Å². The van der Waals surface area contributed by atoms with Gasteiger partial charge in [0.1, 0.15) is 0 Å². The number of rotatable bonds is 8. The number of hydrogen-bond acceptors (Lipinski definition) is 8. The molecule has 0 aromatic heterocycles. The number of hydrogen-bond donors (Lipinski definition) is 8. The largest absolute Gasteiger partial charge is 0.478 e. The molecule has 1 rings (SSSR count). The van der Waals surface area contributed by atoms with Crippen LogP contribution >= 0.6 is 0 Å². The van der Waals surface area contributed by atoms with E-state index in [1.807, 2.05) is 0 Å². The highest BCUT2D eigenvalue weighted by Crippen LogP contribution is 2.07. The topological polar surface area (TPSA) is 230 Å². The van der Waals surface area contributed by atoms with Crippen molar-refractivity contribution >= 4 is 23.9 Å². The quantitative estimate of drug-likeness (QED) is 0.235. The Morgan fingerprint density at radius 2 is 1.03 bits per heavy atom. The van der Waals surface area contributed by atoms with E-state index in [0.29, 0.717) is 12.2 Å². The average Bonchev–Trinajstić information content (AvgIpc) is 2.67. The van der Waals surface area contributed by atoms with Crippen molar-refractivity contribution in [2.45, 2.75) is 18.6 Å². The number of carboxylic acid groups (broad SMARTS) is 4. The Kier molecular flexibility index (Phi) is 15.1. The van der Waals surface area contributed by atoms with Gasteiger partial charge in [0, 0.05) is 18.6 Å². The zero-order valence-electron chi connectivity index (χ0n) is 15.0. The summed E-state index contributed by atoms with van der Waals surface area (Å²) in [6.45, 7) is -0.756. The highest BCUT2D eigenvalue weighted by molar-refractivity contribution is 6.01. The lowest BCUT2D eigenvalue weighted by molar-refractivity contribution is -0.134.